The second kappa shape index (κ2) is 6.74. The number of hydrogen-bond acceptors (Lipinski definition) is 2. The molecule has 2 atom stereocenters. The molecular formula is C16H32N2O. The average Bonchev–Trinajstić information content (AvgIpc) is 2.51. The maximum atomic E-state index is 12.3. The van der Waals surface area contributed by atoms with Crippen LogP contribution >= 0.6 is 0 Å². The number of hydrogen-bond donors (Lipinski definition) is 1. The van der Waals surface area contributed by atoms with Gasteiger partial charge in [-0.3, -0.25) is 4.79 Å². The summed E-state index contributed by atoms with van der Waals surface area (Å²) < 4.78 is 0. The maximum Gasteiger partial charge on any atom is 0.239 e. The van der Waals surface area contributed by atoms with Crippen LogP contribution in [-0.2, 0) is 4.79 Å². The van der Waals surface area contributed by atoms with Crippen LogP contribution in [0.4, 0.5) is 0 Å². The van der Waals surface area contributed by atoms with Gasteiger partial charge in [0.2, 0.25) is 5.91 Å². The van der Waals surface area contributed by atoms with Gasteiger partial charge in [-0.05, 0) is 42.9 Å². The number of amides is 1. The summed E-state index contributed by atoms with van der Waals surface area (Å²) in [5.74, 6) is 1.35. The van der Waals surface area contributed by atoms with Crippen LogP contribution in [-0.4, -0.2) is 29.9 Å². The second-order valence-corrected chi connectivity index (χ2v) is 7.56. The molecule has 1 amide bonds. The van der Waals surface area contributed by atoms with Crippen molar-refractivity contribution in [1.29, 1.82) is 0 Å². The first-order valence-electron chi connectivity index (χ1n) is 7.76. The Morgan fingerprint density at radius 2 is 1.89 bits per heavy atom. The lowest BCUT2D eigenvalue weighted by atomic mass is 9.77. The van der Waals surface area contributed by atoms with E-state index in [0.717, 1.165) is 32.4 Å². The fraction of sp³-hybridized carbons (Fsp3) is 0.938. The first kappa shape index (κ1) is 16.5. The highest BCUT2D eigenvalue weighted by Crippen LogP contribution is 2.34. The third-order valence-electron chi connectivity index (χ3n) is 4.31. The minimum atomic E-state index is -0.314. The van der Waals surface area contributed by atoms with Crippen LogP contribution in [0.2, 0.25) is 0 Å². The van der Waals surface area contributed by atoms with Crippen LogP contribution in [0.1, 0.15) is 60.3 Å². The fourth-order valence-electron chi connectivity index (χ4n) is 3.03. The second-order valence-electron chi connectivity index (χ2n) is 7.56. The third kappa shape index (κ3) is 5.13. The molecule has 0 aliphatic carbocycles. The van der Waals surface area contributed by atoms with Crippen molar-refractivity contribution in [2.75, 3.05) is 13.1 Å². The van der Waals surface area contributed by atoms with Gasteiger partial charge < -0.3 is 10.6 Å². The van der Waals surface area contributed by atoms with E-state index in [9.17, 15) is 4.79 Å². The zero-order chi connectivity index (χ0) is 14.6. The Hall–Kier alpha value is -0.570. The molecule has 3 heteroatoms. The lowest BCUT2D eigenvalue weighted by Crippen LogP contribution is -2.44. The molecule has 112 valence electrons. The van der Waals surface area contributed by atoms with Gasteiger partial charge in [-0.2, -0.15) is 0 Å². The van der Waals surface area contributed by atoms with Crippen LogP contribution in [0.15, 0.2) is 0 Å². The molecule has 2 N–H and O–H groups in total. The molecular weight excluding hydrogens is 236 g/mol. The maximum absolute atomic E-state index is 12.3. The Bertz CT molecular complexity index is 294. The lowest BCUT2D eigenvalue weighted by molar-refractivity contribution is -0.133. The number of likely N-dealkylation sites (tertiary alicyclic amines) is 1. The van der Waals surface area contributed by atoms with Gasteiger partial charge in [0.05, 0.1) is 6.04 Å². The Labute approximate surface area is 118 Å². The van der Waals surface area contributed by atoms with Gasteiger partial charge in [0.1, 0.15) is 0 Å². The molecule has 0 bridgehead atoms. The Morgan fingerprint density at radius 3 is 2.42 bits per heavy atom. The van der Waals surface area contributed by atoms with E-state index < -0.39 is 0 Å². The summed E-state index contributed by atoms with van der Waals surface area (Å²) in [7, 11) is 0. The zero-order valence-corrected chi connectivity index (χ0v) is 13.4. The number of carbonyl (C=O) groups is 1. The summed E-state index contributed by atoms with van der Waals surface area (Å²) in [5, 5.41) is 0. The molecule has 1 saturated heterocycles. The van der Waals surface area contributed by atoms with Crippen molar-refractivity contribution in [2.24, 2.45) is 23.0 Å². The number of carbonyl (C=O) groups excluding carboxylic acids is 1. The van der Waals surface area contributed by atoms with Crippen molar-refractivity contribution in [2.45, 2.75) is 66.3 Å². The molecule has 0 aromatic rings. The highest BCUT2D eigenvalue weighted by Gasteiger charge is 2.29. The molecule has 1 unspecified atom stereocenters. The summed E-state index contributed by atoms with van der Waals surface area (Å²) >= 11 is 0. The molecule has 3 nitrogen and oxygen atoms in total. The van der Waals surface area contributed by atoms with Crippen molar-refractivity contribution in [1.82, 2.24) is 4.90 Å². The normalized spacial score (nSPS) is 23.3. The third-order valence-corrected chi connectivity index (χ3v) is 4.31. The molecule has 1 aliphatic rings. The van der Waals surface area contributed by atoms with E-state index in [2.05, 4.69) is 34.6 Å². The average molecular weight is 268 g/mol. The van der Waals surface area contributed by atoms with E-state index in [1.807, 2.05) is 4.90 Å². The van der Waals surface area contributed by atoms with Crippen LogP contribution in [0.3, 0.4) is 0 Å². The van der Waals surface area contributed by atoms with Crippen molar-refractivity contribution >= 4 is 5.91 Å². The van der Waals surface area contributed by atoms with Crippen LogP contribution in [0.5, 0.6) is 0 Å². The van der Waals surface area contributed by atoms with Gasteiger partial charge >= 0.3 is 0 Å². The first-order chi connectivity index (χ1) is 8.71. The fourth-order valence-corrected chi connectivity index (χ4v) is 3.03. The van der Waals surface area contributed by atoms with Crippen molar-refractivity contribution in [3.05, 3.63) is 0 Å². The minimum absolute atomic E-state index is 0.156. The quantitative estimate of drug-likeness (QED) is 0.855. The monoisotopic (exact) mass is 268 g/mol. The van der Waals surface area contributed by atoms with Crippen molar-refractivity contribution < 1.29 is 4.79 Å². The molecule has 0 spiro atoms. The van der Waals surface area contributed by atoms with Gasteiger partial charge in [-0.15, -0.1) is 0 Å². The standard InChI is InChI=1S/C16H32N2O/c1-12(2)11-14(17)15(19)18-9-6-7-13(8-10-18)16(3,4)5/h12-14H,6-11,17H2,1-5H3/t13?,14-/m0/s1. The number of nitrogens with two attached hydrogens (primary N) is 1. The minimum Gasteiger partial charge on any atom is -0.341 e. The summed E-state index contributed by atoms with van der Waals surface area (Å²) in [6.07, 6.45) is 4.25. The predicted octanol–water partition coefficient (Wildman–Crippen LogP) is 3.03. The summed E-state index contributed by atoms with van der Waals surface area (Å²) in [6.45, 7) is 12.9. The van der Waals surface area contributed by atoms with Crippen LogP contribution < -0.4 is 5.73 Å². The molecule has 1 aliphatic heterocycles. The Balaban J connectivity index is 2.55. The van der Waals surface area contributed by atoms with Crippen LogP contribution in [0, 0.1) is 17.3 Å². The van der Waals surface area contributed by atoms with Gasteiger partial charge in [0.15, 0.2) is 0 Å². The van der Waals surface area contributed by atoms with Crippen molar-refractivity contribution in [3.63, 3.8) is 0 Å². The van der Waals surface area contributed by atoms with Gasteiger partial charge in [0, 0.05) is 13.1 Å². The molecule has 1 fully saturated rings. The lowest BCUT2D eigenvalue weighted by Gasteiger charge is -2.30. The Morgan fingerprint density at radius 1 is 1.26 bits per heavy atom. The predicted molar refractivity (Wildman–Crippen MR) is 80.8 cm³/mol. The van der Waals surface area contributed by atoms with E-state index in [4.69, 9.17) is 5.73 Å². The van der Waals surface area contributed by atoms with E-state index in [1.54, 1.807) is 0 Å². The van der Waals surface area contributed by atoms with Gasteiger partial charge in [-0.25, -0.2) is 0 Å². The van der Waals surface area contributed by atoms with Crippen molar-refractivity contribution in [3.8, 4) is 0 Å². The Kier molecular flexibility index (Phi) is 5.84. The van der Waals surface area contributed by atoms with Crippen LogP contribution in [0.25, 0.3) is 0 Å². The molecule has 0 aromatic heterocycles. The molecule has 19 heavy (non-hydrogen) atoms. The van der Waals surface area contributed by atoms with E-state index in [0.29, 0.717) is 17.3 Å². The number of rotatable bonds is 3. The first-order valence-corrected chi connectivity index (χ1v) is 7.76. The van der Waals surface area contributed by atoms with E-state index >= 15 is 0 Å². The highest BCUT2D eigenvalue weighted by molar-refractivity contribution is 5.81. The molecule has 0 saturated carbocycles. The van der Waals surface area contributed by atoms with Gasteiger partial charge in [-0.1, -0.05) is 34.6 Å². The highest BCUT2D eigenvalue weighted by atomic mass is 16.2. The SMILES string of the molecule is CC(C)C[C@H](N)C(=O)N1CCCC(C(C)(C)C)CC1. The van der Waals surface area contributed by atoms with Gasteiger partial charge in [0.25, 0.3) is 0 Å². The smallest absolute Gasteiger partial charge is 0.239 e. The molecule has 1 heterocycles. The topological polar surface area (TPSA) is 46.3 Å². The zero-order valence-electron chi connectivity index (χ0n) is 13.4. The summed E-state index contributed by atoms with van der Waals surface area (Å²) in [5.41, 5.74) is 6.38. The van der Waals surface area contributed by atoms with E-state index in [1.165, 1.54) is 6.42 Å². The summed E-state index contributed by atoms with van der Waals surface area (Å²) in [4.78, 5) is 14.3. The molecule has 0 aromatic carbocycles. The van der Waals surface area contributed by atoms with E-state index in [-0.39, 0.29) is 11.9 Å². The molecule has 0 radical (unpaired) electrons. The largest absolute Gasteiger partial charge is 0.341 e. The number of nitrogens with zero attached hydrogens (tertiary/aromatic N) is 1. The summed E-state index contributed by atoms with van der Waals surface area (Å²) in [6, 6.07) is -0.314. The molecule has 1 rings (SSSR count).